The Morgan fingerprint density at radius 1 is 0.952 bits per heavy atom. The van der Waals surface area contributed by atoms with E-state index in [4.69, 9.17) is 4.74 Å². The average Bonchev–Trinajstić information content (AvgIpc) is 2.46. The summed E-state index contributed by atoms with van der Waals surface area (Å²) in [5, 5.41) is 0. The standard InChI is InChI=1S/C18H17BrO2/c1-13(2)21-18(20)16-9-5-14(6-10-16)3-4-15-7-11-17(19)12-8-15/h3-13H,1-2H3/b4-3+. The maximum atomic E-state index is 11.7. The van der Waals surface area contributed by atoms with Gasteiger partial charge in [-0.3, -0.25) is 0 Å². The first kappa shape index (κ1) is 15.5. The SMILES string of the molecule is CC(C)OC(=O)c1ccc(/C=C/c2ccc(Br)cc2)cc1. The van der Waals surface area contributed by atoms with Crippen molar-refractivity contribution >= 4 is 34.1 Å². The first-order valence-corrected chi connectivity index (χ1v) is 7.58. The maximum absolute atomic E-state index is 11.7. The smallest absolute Gasteiger partial charge is 0.338 e. The van der Waals surface area contributed by atoms with Crippen LogP contribution in [0.3, 0.4) is 0 Å². The summed E-state index contributed by atoms with van der Waals surface area (Å²) in [6.07, 6.45) is 3.95. The summed E-state index contributed by atoms with van der Waals surface area (Å²) in [5.74, 6) is -0.284. The van der Waals surface area contributed by atoms with Gasteiger partial charge in [-0.15, -0.1) is 0 Å². The summed E-state index contributed by atoms with van der Waals surface area (Å²) < 4.78 is 6.22. The lowest BCUT2D eigenvalue weighted by molar-refractivity contribution is 0.0378. The van der Waals surface area contributed by atoms with Gasteiger partial charge in [0.25, 0.3) is 0 Å². The molecule has 0 radical (unpaired) electrons. The molecule has 2 rings (SSSR count). The molecule has 3 heteroatoms. The number of rotatable bonds is 4. The summed E-state index contributed by atoms with van der Waals surface area (Å²) in [6.45, 7) is 3.68. The first-order valence-electron chi connectivity index (χ1n) is 6.79. The molecule has 2 aromatic rings. The molecule has 0 aliphatic heterocycles. The van der Waals surface area contributed by atoms with E-state index in [-0.39, 0.29) is 12.1 Å². The van der Waals surface area contributed by atoms with Gasteiger partial charge < -0.3 is 4.74 Å². The highest BCUT2D eigenvalue weighted by Crippen LogP contribution is 2.14. The van der Waals surface area contributed by atoms with Crippen molar-refractivity contribution in [1.29, 1.82) is 0 Å². The Bertz CT molecular complexity index is 625. The van der Waals surface area contributed by atoms with E-state index in [1.165, 1.54) is 0 Å². The van der Waals surface area contributed by atoms with Crippen LogP contribution in [0.1, 0.15) is 35.3 Å². The van der Waals surface area contributed by atoms with E-state index in [0.29, 0.717) is 5.56 Å². The molecular weight excluding hydrogens is 328 g/mol. The van der Waals surface area contributed by atoms with E-state index in [2.05, 4.69) is 15.9 Å². The van der Waals surface area contributed by atoms with Gasteiger partial charge in [0.15, 0.2) is 0 Å². The van der Waals surface area contributed by atoms with Crippen LogP contribution in [-0.4, -0.2) is 12.1 Å². The number of ether oxygens (including phenoxy) is 1. The van der Waals surface area contributed by atoms with Crippen LogP contribution >= 0.6 is 15.9 Å². The maximum Gasteiger partial charge on any atom is 0.338 e. The fourth-order valence-corrected chi connectivity index (χ4v) is 2.04. The number of halogens is 1. The van der Waals surface area contributed by atoms with Gasteiger partial charge in [0.1, 0.15) is 0 Å². The Morgan fingerprint density at radius 3 is 1.90 bits per heavy atom. The molecule has 0 bridgehead atoms. The Morgan fingerprint density at radius 2 is 1.43 bits per heavy atom. The van der Waals surface area contributed by atoms with Crippen molar-refractivity contribution in [2.45, 2.75) is 20.0 Å². The summed E-state index contributed by atoms with van der Waals surface area (Å²) in [7, 11) is 0. The van der Waals surface area contributed by atoms with E-state index in [9.17, 15) is 4.79 Å². The minimum absolute atomic E-state index is 0.102. The van der Waals surface area contributed by atoms with E-state index >= 15 is 0 Å². The molecule has 0 saturated heterocycles. The third-order valence-corrected chi connectivity index (χ3v) is 3.36. The van der Waals surface area contributed by atoms with Gasteiger partial charge >= 0.3 is 5.97 Å². The Hall–Kier alpha value is -1.87. The molecule has 0 heterocycles. The van der Waals surface area contributed by atoms with Crippen molar-refractivity contribution in [1.82, 2.24) is 0 Å². The van der Waals surface area contributed by atoms with Crippen LogP contribution in [0.25, 0.3) is 12.2 Å². The molecule has 0 atom stereocenters. The highest BCUT2D eigenvalue weighted by molar-refractivity contribution is 9.10. The molecule has 0 aliphatic rings. The van der Waals surface area contributed by atoms with Crippen LogP contribution in [0, 0.1) is 0 Å². The number of carbonyl (C=O) groups is 1. The van der Waals surface area contributed by atoms with Crippen molar-refractivity contribution < 1.29 is 9.53 Å². The van der Waals surface area contributed by atoms with Crippen LogP contribution in [0.5, 0.6) is 0 Å². The molecule has 0 fully saturated rings. The molecule has 0 N–H and O–H groups in total. The molecule has 0 amide bonds. The number of hydrogen-bond acceptors (Lipinski definition) is 2. The summed E-state index contributed by atoms with van der Waals surface area (Å²) in [6, 6.07) is 15.5. The quantitative estimate of drug-likeness (QED) is 0.563. The first-order chi connectivity index (χ1) is 10.0. The molecule has 21 heavy (non-hydrogen) atoms. The topological polar surface area (TPSA) is 26.3 Å². The second-order valence-corrected chi connectivity index (χ2v) is 5.88. The molecular formula is C18H17BrO2. The van der Waals surface area contributed by atoms with Crippen molar-refractivity contribution in [2.24, 2.45) is 0 Å². The van der Waals surface area contributed by atoms with E-state index in [1.54, 1.807) is 12.1 Å². The fraction of sp³-hybridized carbons (Fsp3) is 0.167. The minimum Gasteiger partial charge on any atom is -0.459 e. The predicted octanol–water partition coefficient (Wildman–Crippen LogP) is 5.18. The van der Waals surface area contributed by atoms with Crippen molar-refractivity contribution in [3.8, 4) is 0 Å². The Labute approximate surface area is 133 Å². The Kier molecular flexibility index (Phi) is 5.34. The second-order valence-electron chi connectivity index (χ2n) is 4.96. The zero-order chi connectivity index (χ0) is 15.2. The fourth-order valence-electron chi connectivity index (χ4n) is 1.78. The largest absolute Gasteiger partial charge is 0.459 e. The normalized spacial score (nSPS) is 11.0. The van der Waals surface area contributed by atoms with Gasteiger partial charge in [0.2, 0.25) is 0 Å². The zero-order valence-electron chi connectivity index (χ0n) is 12.0. The third kappa shape index (κ3) is 4.87. The lowest BCUT2D eigenvalue weighted by Gasteiger charge is -2.07. The molecule has 2 aromatic carbocycles. The van der Waals surface area contributed by atoms with Crippen LogP contribution in [0.4, 0.5) is 0 Å². The third-order valence-electron chi connectivity index (χ3n) is 2.83. The summed E-state index contributed by atoms with van der Waals surface area (Å²) >= 11 is 3.41. The number of hydrogen-bond donors (Lipinski definition) is 0. The van der Waals surface area contributed by atoms with Gasteiger partial charge in [0.05, 0.1) is 11.7 Å². The monoisotopic (exact) mass is 344 g/mol. The van der Waals surface area contributed by atoms with Crippen LogP contribution < -0.4 is 0 Å². The highest BCUT2D eigenvalue weighted by Gasteiger charge is 2.07. The summed E-state index contributed by atoms with van der Waals surface area (Å²) in [5.41, 5.74) is 2.74. The van der Waals surface area contributed by atoms with Gasteiger partial charge in [-0.05, 0) is 49.2 Å². The van der Waals surface area contributed by atoms with Crippen LogP contribution in [-0.2, 0) is 4.74 Å². The summed E-state index contributed by atoms with van der Waals surface area (Å²) in [4.78, 5) is 11.7. The average molecular weight is 345 g/mol. The predicted molar refractivity (Wildman–Crippen MR) is 90.1 cm³/mol. The molecule has 0 aliphatic carbocycles. The van der Waals surface area contributed by atoms with E-state index < -0.39 is 0 Å². The molecule has 0 unspecified atom stereocenters. The molecule has 0 spiro atoms. The molecule has 0 saturated carbocycles. The molecule has 108 valence electrons. The highest BCUT2D eigenvalue weighted by atomic mass is 79.9. The van der Waals surface area contributed by atoms with Crippen molar-refractivity contribution in [3.05, 3.63) is 69.7 Å². The van der Waals surface area contributed by atoms with Gasteiger partial charge in [-0.2, -0.15) is 0 Å². The number of benzene rings is 2. The van der Waals surface area contributed by atoms with Crippen molar-refractivity contribution in [2.75, 3.05) is 0 Å². The Balaban J connectivity index is 2.05. The van der Waals surface area contributed by atoms with Crippen LogP contribution in [0.2, 0.25) is 0 Å². The van der Waals surface area contributed by atoms with E-state index in [0.717, 1.165) is 15.6 Å². The molecule has 2 nitrogen and oxygen atoms in total. The van der Waals surface area contributed by atoms with Gasteiger partial charge in [-0.25, -0.2) is 4.79 Å². The lowest BCUT2D eigenvalue weighted by Crippen LogP contribution is -2.11. The van der Waals surface area contributed by atoms with Crippen molar-refractivity contribution in [3.63, 3.8) is 0 Å². The lowest BCUT2D eigenvalue weighted by atomic mass is 10.1. The minimum atomic E-state index is -0.284. The second kappa shape index (κ2) is 7.23. The van der Waals surface area contributed by atoms with Crippen LogP contribution in [0.15, 0.2) is 53.0 Å². The van der Waals surface area contributed by atoms with Gasteiger partial charge in [-0.1, -0.05) is 52.3 Å². The molecule has 0 aromatic heterocycles. The van der Waals surface area contributed by atoms with Gasteiger partial charge in [0, 0.05) is 4.47 Å². The number of carbonyl (C=O) groups excluding carboxylic acids is 1. The van der Waals surface area contributed by atoms with E-state index in [1.807, 2.05) is 62.4 Å². The zero-order valence-corrected chi connectivity index (χ0v) is 13.6. The number of esters is 1.